The second kappa shape index (κ2) is 5.32. The molecule has 0 spiro atoms. The number of hydrogen-bond donors (Lipinski definition) is 2. The third-order valence-electron chi connectivity index (χ3n) is 3.32. The molecule has 0 heterocycles. The number of aryl methyl sites for hydroxylation is 1. The highest BCUT2D eigenvalue weighted by molar-refractivity contribution is 5.74. The molecule has 0 aromatic heterocycles. The van der Waals surface area contributed by atoms with E-state index >= 15 is 0 Å². The summed E-state index contributed by atoms with van der Waals surface area (Å²) in [5.41, 5.74) is 2.46. The summed E-state index contributed by atoms with van der Waals surface area (Å²) in [4.78, 5) is 11.0. The molecular formula is C14H19NO2. The van der Waals surface area contributed by atoms with Crippen molar-refractivity contribution in [3.63, 3.8) is 0 Å². The minimum atomic E-state index is -0.724. The van der Waals surface area contributed by atoms with Gasteiger partial charge in [0.1, 0.15) is 6.04 Å². The van der Waals surface area contributed by atoms with Gasteiger partial charge in [0.2, 0.25) is 0 Å². The minimum Gasteiger partial charge on any atom is -0.480 e. The summed E-state index contributed by atoms with van der Waals surface area (Å²) < 4.78 is 0. The third-order valence-corrected chi connectivity index (χ3v) is 3.32. The summed E-state index contributed by atoms with van der Waals surface area (Å²) in [7, 11) is 0. The maximum atomic E-state index is 11.0. The first-order chi connectivity index (χ1) is 8.20. The van der Waals surface area contributed by atoms with Crippen LogP contribution in [0, 0.1) is 5.92 Å². The Balaban J connectivity index is 1.89. The van der Waals surface area contributed by atoms with Crippen molar-refractivity contribution in [2.45, 2.75) is 38.8 Å². The summed E-state index contributed by atoms with van der Waals surface area (Å²) >= 11 is 0. The van der Waals surface area contributed by atoms with Crippen LogP contribution in [-0.4, -0.2) is 17.1 Å². The molecule has 92 valence electrons. The van der Waals surface area contributed by atoms with Gasteiger partial charge in [-0.25, -0.2) is 0 Å². The number of carboxylic acid groups (broad SMARTS) is 1. The topological polar surface area (TPSA) is 49.3 Å². The Morgan fingerprint density at radius 2 is 1.94 bits per heavy atom. The molecule has 1 unspecified atom stereocenters. The lowest BCUT2D eigenvalue weighted by Crippen LogP contribution is -2.38. The van der Waals surface area contributed by atoms with Gasteiger partial charge in [0.15, 0.2) is 0 Å². The normalized spacial score (nSPS) is 16.8. The van der Waals surface area contributed by atoms with Gasteiger partial charge in [-0.1, -0.05) is 31.2 Å². The lowest BCUT2D eigenvalue weighted by atomic mass is 10.1. The molecule has 0 aliphatic heterocycles. The van der Waals surface area contributed by atoms with Crippen molar-refractivity contribution in [2.75, 3.05) is 0 Å². The zero-order chi connectivity index (χ0) is 12.3. The minimum absolute atomic E-state index is 0.336. The first-order valence-corrected chi connectivity index (χ1v) is 6.24. The molecule has 0 saturated heterocycles. The second-order valence-electron chi connectivity index (χ2n) is 4.70. The van der Waals surface area contributed by atoms with Crippen molar-refractivity contribution in [3.8, 4) is 0 Å². The van der Waals surface area contributed by atoms with Gasteiger partial charge in [-0.15, -0.1) is 0 Å². The van der Waals surface area contributed by atoms with E-state index in [-0.39, 0.29) is 6.04 Å². The van der Waals surface area contributed by atoms with Gasteiger partial charge in [0.05, 0.1) is 0 Å². The van der Waals surface area contributed by atoms with E-state index in [9.17, 15) is 4.79 Å². The average molecular weight is 233 g/mol. The lowest BCUT2D eigenvalue weighted by Gasteiger charge is -2.13. The maximum Gasteiger partial charge on any atom is 0.320 e. The van der Waals surface area contributed by atoms with Gasteiger partial charge in [0, 0.05) is 6.54 Å². The van der Waals surface area contributed by atoms with E-state index in [4.69, 9.17) is 5.11 Å². The highest BCUT2D eigenvalue weighted by Gasteiger charge is 2.35. The largest absolute Gasteiger partial charge is 0.480 e. The molecule has 3 heteroatoms. The molecule has 17 heavy (non-hydrogen) atoms. The van der Waals surface area contributed by atoms with Gasteiger partial charge in [-0.2, -0.15) is 0 Å². The van der Waals surface area contributed by atoms with Crippen LogP contribution in [0.2, 0.25) is 0 Å². The highest BCUT2D eigenvalue weighted by Crippen LogP contribution is 2.32. The SMILES string of the molecule is CCc1ccc(CNC(C(=O)O)C2CC2)cc1. The van der Waals surface area contributed by atoms with Crippen molar-refractivity contribution >= 4 is 5.97 Å². The predicted molar refractivity (Wildman–Crippen MR) is 66.8 cm³/mol. The zero-order valence-corrected chi connectivity index (χ0v) is 10.1. The third kappa shape index (κ3) is 3.30. The Morgan fingerprint density at radius 1 is 1.35 bits per heavy atom. The summed E-state index contributed by atoms with van der Waals surface area (Å²) in [6, 6.07) is 7.96. The monoisotopic (exact) mass is 233 g/mol. The van der Waals surface area contributed by atoms with Crippen LogP contribution in [0.1, 0.15) is 30.9 Å². The van der Waals surface area contributed by atoms with Gasteiger partial charge < -0.3 is 10.4 Å². The molecule has 1 fully saturated rings. The molecule has 0 bridgehead atoms. The number of aliphatic carboxylic acids is 1. The molecule has 2 rings (SSSR count). The zero-order valence-electron chi connectivity index (χ0n) is 10.1. The molecule has 0 radical (unpaired) electrons. The fourth-order valence-electron chi connectivity index (χ4n) is 2.01. The molecular weight excluding hydrogens is 214 g/mol. The van der Waals surface area contributed by atoms with Crippen molar-refractivity contribution in [2.24, 2.45) is 5.92 Å². The second-order valence-corrected chi connectivity index (χ2v) is 4.70. The molecule has 0 amide bonds. The number of nitrogens with one attached hydrogen (secondary N) is 1. The van der Waals surface area contributed by atoms with Gasteiger partial charge in [0.25, 0.3) is 0 Å². The van der Waals surface area contributed by atoms with Crippen LogP contribution < -0.4 is 5.32 Å². The smallest absolute Gasteiger partial charge is 0.320 e. The fraction of sp³-hybridized carbons (Fsp3) is 0.500. The first kappa shape index (κ1) is 12.1. The Morgan fingerprint density at radius 3 is 2.41 bits per heavy atom. The number of carboxylic acids is 1. The average Bonchev–Trinajstić information content (AvgIpc) is 3.14. The summed E-state index contributed by atoms with van der Waals surface area (Å²) in [5, 5.41) is 12.2. The number of rotatable bonds is 6. The van der Waals surface area contributed by atoms with Crippen molar-refractivity contribution in [1.82, 2.24) is 5.32 Å². The highest BCUT2D eigenvalue weighted by atomic mass is 16.4. The van der Waals surface area contributed by atoms with Crippen LogP contribution in [0.25, 0.3) is 0 Å². The lowest BCUT2D eigenvalue weighted by molar-refractivity contribution is -0.140. The van der Waals surface area contributed by atoms with Crippen LogP contribution in [0.5, 0.6) is 0 Å². The van der Waals surface area contributed by atoms with E-state index in [0.717, 1.165) is 24.8 Å². The molecule has 1 aromatic rings. The van der Waals surface area contributed by atoms with E-state index in [0.29, 0.717) is 12.5 Å². The summed E-state index contributed by atoms with van der Waals surface area (Å²) in [5.74, 6) is -0.389. The van der Waals surface area contributed by atoms with Crippen LogP contribution in [0.15, 0.2) is 24.3 Å². The molecule has 1 atom stereocenters. The van der Waals surface area contributed by atoms with E-state index in [1.807, 2.05) is 0 Å². The molecule has 3 nitrogen and oxygen atoms in total. The van der Waals surface area contributed by atoms with E-state index in [1.165, 1.54) is 5.56 Å². The van der Waals surface area contributed by atoms with E-state index in [1.54, 1.807) is 0 Å². The van der Waals surface area contributed by atoms with Crippen molar-refractivity contribution < 1.29 is 9.90 Å². The molecule has 1 saturated carbocycles. The van der Waals surface area contributed by atoms with Crippen LogP contribution in [-0.2, 0) is 17.8 Å². The summed E-state index contributed by atoms with van der Waals surface area (Å²) in [6.45, 7) is 2.76. The molecule has 1 aliphatic rings. The number of carbonyl (C=O) groups is 1. The fourth-order valence-corrected chi connectivity index (χ4v) is 2.01. The van der Waals surface area contributed by atoms with E-state index in [2.05, 4.69) is 36.5 Å². The Kier molecular flexibility index (Phi) is 3.79. The maximum absolute atomic E-state index is 11.0. The number of benzene rings is 1. The van der Waals surface area contributed by atoms with Crippen LogP contribution in [0.3, 0.4) is 0 Å². The predicted octanol–water partition coefficient (Wildman–Crippen LogP) is 2.20. The number of hydrogen-bond acceptors (Lipinski definition) is 2. The molecule has 2 N–H and O–H groups in total. The quantitative estimate of drug-likeness (QED) is 0.792. The molecule has 1 aromatic carbocycles. The van der Waals surface area contributed by atoms with Crippen molar-refractivity contribution in [1.29, 1.82) is 0 Å². The van der Waals surface area contributed by atoms with Crippen molar-refractivity contribution in [3.05, 3.63) is 35.4 Å². The van der Waals surface area contributed by atoms with Gasteiger partial charge in [-0.05, 0) is 36.3 Å². The van der Waals surface area contributed by atoms with Gasteiger partial charge >= 0.3 is 5.97 Å². The van der Waals surface area contributed by atoms with Gasteiger partial charge in [-0.3, -0.25) is 4.79 Å². The van der Waals surface area contributed by atoms with E-state index < -0.39 is 5.97 Å². The van der Waals surface area contributed by atoms with Crippen LogP contribution in [0.4, 0.5) is 0 Å². The Hall–Kier alpha value is -1.35. The Labute approximate surface area is 102 Å². The molecule has 1 aliphatic carbocycles. The Bertz CT molecular complexity index is 382. The standard InChI is InChI=1S/C14H19NO2/c1-2-10-3-5-11(6-4-10)9-15-13(14(16)17)12-7-8-12/h3-6,12-13,15H,2,7-9H2,1H3,(H,16,17). The summed E-state index contributed by atoms with van der Waals surface area (Å²) in [6.07, 6.45) is 3.12. The van der Waals surface area contributed by atoms with Crippen LogP contribution >= 0.6 is 0 Å². The first-order valence-electron chi connectivity index (χ1n) is 6.24.